The summed E-state index contributed by atoms with van der Waals surface area (Å²) in [6.45, 7) is 26.6. The minimum absolute atomic E-state index is 0. The monoisotopic (exact) mass is 676 g/mol. The van der Waals surface area contributed by atoms with Crippen molar-refractivity contribution in [2.75, 3.05) is 67.1 Å². The van der Waals surface area contributed by atoms with Crippen LogP contribution in [0.5, 0.6) is 0 Å². The van der Waals surface area contributed by atoms with Crippen LogP contribution in [-0.4, -0.2) is 124 Å². The van der Waals surface area contributed by atoms with E-state index in [0.717, 1.165) is 0 Å². The van der Waals surface area contributed by atoms with Crippen molar-refractivity contribution < 1.29 is 43.5 Å². The second-order valence-corrected chi connectivity index (χ2v) is 13.6. The van der Waals surface area contributed by atoms with Gasteiger partial charge in [0.15, 0.2) is 11.6 Å². The van der Waals surface area contributed by atoms with Gasteiger partial charge in [0, 0.05) is 25.0 Å². The van der Waals surface area contributed by atoms with Crippen molar-refractivity contribution in [1.82, 2.24) is 0 Å². The van der Waals surface area contributed by atoms with Crippen molar-refractivity contribution in [3.8, 4) is 0 Å². The number of ketones is 2. The van der Waals surface area contributed by atoms with Gasteiger partial charge >= 0.3 is 45.5 Å². The Morgan fingerprint density at radius 1 is 0.476 bits per heavy atom. The molecule has 0 aliphatic carbocycles. The Kier molecular flexibility index (Phi) is 28.9. The fourth-order valence-electron chi connectivity index (χ4n) is 1.93. The second kappa shape index (κ2) is 25.0. The third-order valence-electron chi connectivity index (χ3n) is 5.09. The van der Waals surface area contributed by atoms with Crippen molar-refractivity contribution >= 4 is 57.0 Å². The number of methoxy groups -OCH3 is 2. The van der Waals surface area contributed by atoms with Crippen LogP contribution in [0.3, 0.4) is 0 Å². The molecule has 0 aromatic rings. The molecule has 0 aliphatic rings. The molecular formula is C32H60O9Sr. The standard InChI is InChI=1S/2C11H20O2.C10H22O5.Sr/c2*1-10(2,3)8(12)7-9(13)11(4,5)6;1-11-3-5-13-7-9-15-10-8-14-6-4-12-2;/h2*7,12H,1-6H3;3-10H2,1-2H3;/q;;;+2/p-2/b2*8-7-;;. The van der Waals surface area contributed by atoms with Gasteiger partial charge in [-0.05, 0) is 23.0 Å². The van der Waals surface area contributed by atoms with E-state index in [1.54, 1.807) is 14.2 Å². The van der Waals surface area contributed by atoms with Gasteiger partial charge < -0.3 is 33.9 Å². The molecule has 0 atom stereocenters. The summed E-state index contributed by atoms with van der Waals surface area (Å²) in [5.41, 5.74) is -1.83. The van der Waals surface area contributed by atoms with E-state index >= 15 is 0 Å². The summed E-state index contributed by atoms with van der Waals surface area (Å²) in [7, 11) is 3.30. The maximum Gasteiger partial charge on any atom is 2.00 e. The summed E-state index contributed by atoms with van der Waals surface area (Å²) in [6.07, 6.45) is 2.44. The molecule has 0 amide bonds. The van der Waals surface area contributed by atoms with Crippen molar-refractivity contribution in [2.45, 2.75) is 83.1 Å². The number of rotatable bonds is 14. The van der Waals surface area contributed by atoms with Crippen LogP contribution in [0, 0.1) is 21.7 Å². The molecule has 10 heteroatoms. The molecule has 9 nitrogen and oxygen atoms in total. The van der Waals surface area contributed by atoms with E-state index < -0.39 is 21.7 Å². The molecule has 0 saturated carbocycles. The number of hydrogen-bond donors (Lipinski definition) is 0. The van der Waals surface area contributed by atoms with Crippen LogP contribution in [-0.2, 0) is 33.3 Å². The van der Waals surface area contributed by atoms with E-state index in [0.29, 0.717) is 52.9 Å². The molecule has 244 valence electrons. The molecule has 0 saturated heterocycles. The van der Waals surface area contributed by atoms with E-state index in [4.69, 9.17) is 23.7 Å². The molecule has 0 aromatic heterocycles. The van der Waals surface area contributed by atoms with Gasteiger partial charge in [0.1, 0.15) is 0 Å². The maximum atomic E-state index is 11.4. The number of allylic oxidation sites excluding steroid dienone is 4. The van der Waals surface area contributed by atoms with Crippen molar-refractivity contribution in [1.29, 1.82) is 0 Å². The minimum Gasteiger partial charge on any atom is -0.875 e. The van der Waals surface area contributed by atoms with Crippen molar-refractivity contribution in [2.24, 2.45) is 21.7 Å². The number of ether oxygens (including phenoxy) is 5. The van der Waals surface area contributed by atoms with Gasteiger partial charge in [-0.2, -0.15) is 0 Å². The Morgan fingerprint density at radius 2 is 0.690 bits per heavy atom. The summed E-state index contributed by atoms with van der Waals surface area (Å²) in [6, 6.07) is 0. The minimum atomic E-state index is -0.457. The summed E-state index contributed by atoms with van der Waals surface area (Å²) in [5.74, 6) is -0.417. The first-order valence-corrected chi connectivity index (χ1v) is 14.1. The zero-order chi connectivity index (χ0) is 32.9. The summed E-state index contributed by atoms with van der Waals surface area (Å²) < 4.78 is 25.3. The topological polar surface area (TPSA) is 126 Å². The Labute approximate surface area is 294 Å². The van der Waals surface area contributed by atoms with Crippen LogP contribution in [0.25, 0.3) is 0 Å². The van der Waals surface area contributed by atoms with Gasteiger partial charge in [0.25, 0.3) is 0 Å². The van der Waals surface area contributed by atoms with Crippen LogP contribution in [0.4, 0.5) is 0 Å². The molecule has 42 heavy (non-hydrogen) atoms. The molecule has 0 spiro atoms. The summed E-state index contributed by atoms with van der Waals surface area (Å²) in [4.78, 5) is 22.9. The van der Waals surface area contributed by atoms with E-state index in [9.17, 15) is 19.8 Å². The predicted octanol–water partition coefficient (Wildman–Crippen LogP) is 3.73. The first-order valence-electron chi connectivity index (χ1n) is 14.1. The molecule has 0 aliphatic heterocycles. The molecule has 0 aromatic carbocycles. The number of hydrogen-bond acceptors (Lipinski definition) is 9. The number of carbonyl (C=O) groups excluding carboxylic acids is 2. The quantitative estimate of drug-likeness (QED) is 0.117. The van der Waals surface area contributed by atoms with Gasteiger partial charge in [-0.3, -0.25) is 9.59 Å². The molecule has 0 fully saturated rings. The molecule has 0 unspecified atom stereocenters. The normalized spacial score (nSPS) is 12.8. The molecule has 0 heterocycles. The maximum absolute atomic E-state index is 11.4. The predicted molar refractivity (Wildman–Crippen MR) is 166 cm³/mol. The van der Waals surface area contributed by atoms with E-state index in [2.05, 4.69) is 0 Å². The third-order valence-corrected chi connectivity index (χ3v) is 5.09. The van der Waals surface area contributed by atoms with Gasteiger partial charge in [-0.1, -0.05) is 83.1 Å². The Morgan fingerprint density at radius 3 is 0.857 bits per heavy atom. The van der Waals surface area contributed by atoms with Gasteiger partial charge in [-0.25, -0.2) is 0 Å². The van der Waals surface area contributed by atoms with Gasteiger partial charge in [0.05, 0.1) is 52.9 Å². The average molecular weight is 676 g/mol. The Bertz CT molecular complexity index is 699. The Balaban J connectivity index is -0.000000256. The van der Waals surface area contributed by atoms with Crippen molar-refractivity contribution in [3.05, 3.63) is 23.7 Å². The average Bonchev–Trinajstić information content (AvgIpc) is 2.81. The summed E-state index contributed by atoms with van der Waals surface area (Å²) in [5, 5.41) is 22.9. The van der Waals surface area contributed by atoms with Crippen LogP contribution in [0.15, 0.2) is 23.7 Å². The first kappa shape index (κ1) is 48.6. The van der Waals surface area contributed by atoms with Crippen LogP contribution in [0.1, 0.15) is 83.1 Å². The molecule has 0 rings (SSSR count). The molecule has 0 N–H and O–H groups in total. The zero-order valence-corrected chi connectivity index (χ0v) is 32.7. The van der Waals surface area contributed by atoms with E-state index in [1.165, 1.54) is 12.2 Å². The first-order chi connectivity index (χ1) is 18.5. The van der Waals surface area contributed by atoms with Gasteiger partial charge in [-0.15, -0.1) is 11.5 Å². The van der Waals surface area contributed by atoms with E-state index in [-0.39, 0.29) is 68.6 Å². The number of carbonyl (C=O) groups is 2. The van der Waals surface area contributed by atoms with Crippen molar-refractivity contribution in [3.63, 3.8) is 0 Å². The smallest absolute Gasteiger partial charge is 0.875 e. The van der Waals surface area contributed by atoms with Crippen LogP contribution < -0.4 is 10.2 Å². The largest absolute Gasteiger partial charge is 2.00 e. The molecule has 0 bridgehead atoms. The fourth-order valence-corrected chi connectivity index (χ4v) is 1.93. The summed E-state index contributed by atoms with van der Waals surface area (Å²) >= 11 is 0. The molecular weight excluding hydrogens is 616 g/mol. The third kappa shape index (κ3) is 31.1. The van der Waals surface area contributed by atoms with Gasteiger partial charge in [0.2, 0.25) is 0 Å². The SMILES string of the molecule is CC(C)(C)C(=O)/C=C(\[O-])C(C)(C)C.CC(C)(C)C(=O)/C=C(\[O-])C(C)(C)C.COCCOCCOCCOCCOC.[Sr+2]. The van der Waals surface area contributed by atoms with Crippen LogP contribution >= 0.6 is 0 Å². The second-order valence-electron chi connectivity index (χ2n) is 13.6. The van der Waals surface area contributed by atoms with E-state index in [1.807, 2.05) is 83.1 Å². The van der Waals surface area contributed by atoms with Crippen LogP contribution in [0.2, 0.25) is 0 Å². The Hall–Kier alpha value is -0.299. The fraction of sp³-hybridized carbons (Fsp3) is 0.812. The zero-order valence-electron chi connectivity index (χ0n) is 29.2. The molecule has 0 radical (unpaired) electrons.